The number of benzene rings is 3. The van der Waals surface area contributed by atoms with Crippen molar-refractivity contribution >= 4 is 11.8 Å². The lowest BCUT2D eigenvalue weighted by Gasteiger charge is -2.38. The highest BCUT2D eigenvalue weighted by molar-refractivity contribution is 5.85. The van der Waals surface area contributed by atoms with Crippen LogP contribution in [-0.4, -0.2) is 34.6 Å². The summed E-state index contributed by atoms with van der Waals surface area (Å²) in [5.74, 6) is -0.515. The van der Waals surface area contributed by atoms with E-state index >= 15 is 0 Å². The summed E-state index contributed by atoms with van der Waals surface area (Å²) in [6.45, 7) is 11.0. The molecule has 0 saturated carbocycles. The standard InChI is InChI=1S/C33H39NO4/c1-31(2,3)29(36)21-23(35)20-28(30(37)38-32(4,5)6)34-33(22-14-8-7-9-15-22)26-18-12-10-16-24(26)25-17-11-13-19-27(25)33/h7-19,23,28,34-35H,20-21H2,1-6H3/t23-,28-/m0/s1. The van der Waals surface area contributed by atoms with Crippen LogP contribution in [0.5, 0.6) is 0 Å². The van der Waals surface area contributed by atoms with Gasteiger partial charge in [0.05, 0.1) is 11.6 Å². The van der Waals surface area contributed by atoms with Crippen LogP contribution in [-0.2, 0) is 19.9 Å². The molecule has 0 spiro atoms. The van der Waals surface area contributed by atoms with Crippen LogP contribution >= 0.6 is 0 Å². The van der Waals surface area contributed by atoms with E-state index in [1.807, 2.05) is 84.0 Å². The molecule has 0 heterocycles. The molecule has 4 rings (SSSR count). The van der Waals surface area contributed by atoms with Crippen molar-refractivity contribution in [1.82, 2.24) is 5.32 Å². The van der Waals surface area contributed by atoms with Gasteiger partial charge in [-0.25, -0.2) is 0 Å². The van der Waals surface area contributed by atoms with Crippen molar-refractivity contribution in [2.45, 2.75) is 77.7 Å². The molecule has 38 heavy (non-hydrogen) atoms. The average Bonchev–Trinajstić information content (AvgIpc) is 3.13. The summed E-state index contributed by atoms with van der Waals surface area (Å²) in [5, 5.41) is 14.7. The normalized spacial score (nSPS) is 15.8. The fourth-order valence-corrected chi connectivity index (χ4v) is 5.20. The van der Waals surface area contributed by atoms with Crippen LogP contribution in [0.2, 0.25) is 0 Å². The summed E-state index contributed by atoms with van der Waals surface area (Å²) >= 11 is 0. The molecular weight excluding hydrogens is 474 g/mol. The molecule has 3 aromatic carbocycles. The lowest BCUT2D eigenvalue weighted by Crippen LogP contribution is -2.54. The third kappa shape index (κ3) is 5.59. The molecule has 0 fully saturated rings. The van der Waals surface area contributed by atoms with Gasteiger partial charge in [0.2, 0.25) is 0 Å². The first-order valence-electron chi connectivity index (χ1n) is 13.3. The summed E-state index contributed by atoms with van der Waals surface area (Å²) in [4.78, 5) is 26.4. The third-order valence-corrected chi connectivity index (χ3v) is 7.01. The Morgan fingerprint density at radius 1 is 0.816 bits per heavy atom. The molecule has 1 aliphatic rings. The van der Waals surface area contributed by atoms with Gasteiger partial charge in [0.25, 0.3) is 0 Å². The molecular formula is C33H39NO4. The SMILES string of the molecule is CC(C)(C)OC(=O)[C@H](C[C@H](O)CC(=O)C(C)(C)C)NC1(c2ccccc2)c2ccccc2-c2ccccc21. The van der Waals surface area contributed by atoms with E-state index in [4.69, 9.17) is 4.74 Å². The van der Waals surface area contributed by atoms with Gasteiger partial charge in [-0.1, -0.05) is 99.6 Å². The fourth-order valence-electron chi connectivity index (χ4n) is 5.20. The van der Waals surface area contributed by atoms with Crippen molar-refractivity contribution in [3.63, 3.8) is 0 Å². The van der Waals surface area contributed by atoms with Crippen molar-refractivity contribution in [1.29, 1.82) is 0 Å². The topological polar surface area (TPSA) is 75.6 Å². The molecule has 5 nitrogen and oxygen atoms in total. The number of ether oxygens (including phenoxy) is 1. The van der Waals surface area contributed by atoms with Gasteiger partial charge in [0.15, 0.2) is 0 Å². The third-order valence-electron chi connectivity index (χ3n) is 7.01. The number of nitrogens with one attached hydrogen (secondary N) is 1. The predicted molar refractivity (Wildman–Crippen MR) is 151 cm³/mol. The molecule has 2 atom stereocenters. The van der Waals surface area contributed by atoms with E-state index in [2.05, 4.69) is 41.7 Å². The number of hydrogen-bond donors (Lipinski definition) is 2. The van der Waals surface area contributed by atoms with Crippen molar-refractivity contribution in [3.05, 3.63) is 95.6 Å². The van der Waals surface area contributed by atoms with Gasteiger partial charge < -0.3 is 9.84 Å². The zero-order valence-corrected chi connectivity index (χ0v) is 23.2. The Hall–Kier alpha value is -3.28. The molecule has 0 aliphatic heterocycles. The molecule has 0 unspecified atom stereocenters. The Labute approximate surface area is 226 Å². The number of Topliss-reactive ketones (excluding diaryl/α,β-unsaturated/α-hetero) is 1. The van der Waals surface area contributed by atoms with E-state index in [0.29, 0.717) is 0 Å². The highest BCUT2D eigenvalue weighted by Crippen LogP contribution is 2.51. The van der Waals surface area contributed by atoms with Crippen LogP contribution in [0.3, 0.4) is 0 Å². The second kappa shape index (κ2) is 10.5. The van der Waals surface area contributed by atoms with Gasteiger partial charge in [-0.05, 0) is 55.0 Å². The molecule has 0 aromatic heterocycles. The fraction of sp³-hybridized carbons (Fsp3) is 0.394. The van der Waals surface area contributed by atoms with Gasteiger partial charge in [-0.15, -0.1) is 0 Å². The average molecular weight is 514 g/mol. The summed E-state index contributed by atoms with van der Waals surface area (Å²) < 4.78 is 5.84. The first-order chi connectivity index (χ1) is 17.8. The Morgan fingerprint density at radius 2 is 1.32 bits per heavy atom. The van der Waals surface area contributed by atoms with E-state index in [0.717, 1.165) is 27.8 Å². The van der Waals surface area contributed by atoms with E-state index in [-0.39, 0.29) is 18.6 Å². The molecule has 0 amide bonds. The summed E-state index contributed by atoms with van der Waals surface area (Å²) in [7, 11) is 0. The van der Waals surface area contributed by atoms with E-state index in [1.54, 1.807) is 0 Å². The number of carbonyl (C=O) groups is 2. The minimum absolute atomic E-state index is 0.0318. The lowest BCUT2D eigenvalue weighted by atomic mass is 9.79. The summed E-state index contributed by atoms with van der Waals surface area (Å²) in [6.07, 6.45) is -1.00. The minimum Gasteiger partial charge on any atom is -0.459 e. The van der Waals surface area contributed by atoms with E-state index in [9.17, 15) is 14.7 Å². The first-order valence-corrected chi connectivity index (χ1v) is 13.3. The molecule has 200 valence electrons. The number of aliphatic hydroxyl groups excluding tert-OH is 1. The summed E-state index contributed by atoms with van der Waals surface area (Å²) in [6, 6.07) is 25.6. The maximum absolute atomic E-state index is 13.7. The van der Waals surface area contributed by atoms with Crippen LogP contribution in [0.15, 0.2) is 78.9 Å². The highest BCUT2D eigenvalue weighted by Gasteiger charge is 2.47. The number of carbonyl (C=O) groups excluding carboxylic acids is 2. The van der Waals surface area contributed by atoms with Gasteiger partial charge in [0.1, 0.15) is 17.4 Å². The maximum Gasteiger partial charge on any atom is 0.323 e. The van der Waals surface area contributed by atoms with Crippen LogP contribution < -0.4 is 5.32 Å². The van der Waals surface area contributed by atoms with E-state index < -0.39 is 34.7 Å². The van der Waals surface area contributed by atoms with Crippen molar-refractivity contribution < 1.29 is 19.4 Å². The molecule has 0 saturated heterocycles. The second-order valence-electron chi connectivity index (χ2n) is 12.2. The highest BCUT2D eigenvalue weighted by atomic mass is 16.6. The second-order valence-corrected chi connectivity index (χ2v) is 12.2. The zero-order valence-electron chi connectivity index (χ0n) is 23.2. The number of ketones is 1. The van der Waals surface area contributed by atoms with Crippen LogP contribution in [0, 0.1) is 5.41 Å². The Kier molecular flexibility index (Phi) is 7.64. The molecule has 0 radical (unpaired) electrons. The summed E-state index contributed by atoms with van der Waals surface area (Å²) in [5.41, 5.74) is 3.06. The van der Waals surface area contributed by atoms with Crippen molar-refractivity contribution in [2.75, 3.05) is 0 Å². The zero-order chi connectivity index (χ0) is 27.7. The van der Waals surface area contributed by atoms with Gasteiger partial charge in [0, 0.05) is 11.8 Å². The molecule has 2 N–H and O–H groups in total. The van der Waals surface area contributed by atoms with Gasteiger partial charge >= 0.3 is 5.97 Å². The minimum atomic E-state index is -1.01. The predicted octanol–water partition coefficient (Wildman–Crippen LogP) is 6.02. The van der Waals surface area contributed by atoms with Crippen LogP contribution in [0.1, 0.15) is 71.1 Å². The van der Waals surface area contributed by atoms with Crippen LogP contribution in [0.4, 0.5) is 0 Å². The van der Waals surface area contributed by atoms with Crippen LogP contribution in [0.25, 0.3) is 11.1 Å². The Bertz CT molecular complexity index is 1250. The first kappa shape index (κ1) is 27.7. The lowest BCUT2D eigenvalue weighted by molar-refractivity contribution is -0.159. The molecule has 5 heteroatoms. The maximum atomic E-state index is 13.7. The van der Waals surface area contributed by atoms with Gasteiger partial charge in [-0.2, -0.15) is 0 Å². The number of fused-ring (bicyclic) bond motifs is 3. The number of aliphatic hydroxyl groups is 1. The Morgan fingerprint density at radius 3 is 1.82 bits per heavy atom. The largest absolute Gasteiger partial charge is 0.459 e. The van der Waals surface area contributed by atoms with E-state index in [1.165, 1.54) is 0 Å². The monoisotopic (exact) mass is 513 g/mol. The Balaban J connectivity index is 1.83. The number of hydrogen-bond acceptors (Lipinski definition) is 5. The number of rotatable bonds is 8. The quantitative estimate of drug-likeness (QED) is 0.361. The van der Waals surface area contributed by atoms with Crippen molar-refractivity contribution in [3.8, 4) is 11.1 Å². The molecule has 0 bridgehead atoms. The van der Waals surface area contributed by atoms with Crippen molar-refractivity contribution in [2.24, 2.45) is 5.41 Å². The smallest absolute Gasteiger partial charge is 0.323 e. The number of esters is 1. The molecule has 1 aliphatic carbocycles. The van der Waals surface area contributed by atoms with Gasteiger partial charge in [-0.3, -0.25) is 14.9 Å². The molecule has 3 aromatic rings.